The Morgan fingerprint density at radius 2 is 2.14 bits per heavy atom. The van der Waals surface area contributed by atoms with E-state index >= 15 is 0 Å². The van der Waals surface area contributed by atoms with Gasteiger partial charge in [0.05, 0.1) is 11.5 Å². The summed E-state index contributed by atoms with van der Waals surface area (Å²) in [4.78, 5) is 23.5. The standard InChI is InChI=1S/C16H24N4O2/c1-3-12-8-11(2)18-15(19-12)20-6-4-16(5-7-20)9-13(21)10-17-14(16)22/h8,13,21H,3-7,9-10H2,1-2H3,(H,17,22). The summed E-state index contributed by atoms with van der Waals surface area (Å²) in [6.45, 7) is 5.97. The van der Waals surface area contributed by atoms with Crippen LogP contribution in [0.5, 0.6) is 0 Å². The number of amides is 1. The Labute approximate surface area is 131 Å². The summed E-state index contributed by atoms with van der Waals surface area (Å²) in [5.41, 5.74) is 1.62. The molecule has 1 spiro atoms. The van der Waals surface area contributed by atoms with Gasteiger partial charge in [-0.25, -0.2) is 9.97 Å². The fraction of sp³-hybridized carbons (Fsp3) is 0.688. The summed E-state index contributed by atoms with van der Waals surface area (Å²) >= 11 is 0. The van der Waals surface area contributed by atoms with Crippen molar-refractivity contribution in [3.05, 3.63) is 17.5 Å². The molecule has 2 aliphatic heterocycles. The van der Waals surface area contributed by atoms with E-state index in [1.807, 2.05) is 13.0 Å². The first-order valence-electron chi connectivity index (χ1n) is 8.08. The number of hydrogen-bond acceptors (Lipinski definition) is 5. The fourth-order valence-corrected chi connectivity index (χ4v) is 3.52. The molecule has 120 valence electrons. The van der Waals surface area contributed by atoms with Gasteiger partial charge in [0.25, 0.3) is 0 Å². The van der Waals surface area contributed by atoms with Crippen LogP contribution in [0.2, 0.25) is 0 Å². The minimum Gasteiger partial charge on any atom is -0.391 e. The zero-order valence-corrected chi connectivity index (χ0v) is 13.3. The Morgan fingerprint density at radius 3 is 2.82 bits per heavy atom. The summed E-state index contributed by atoms with van der Waals surface area (Å²) in [5.74, 6) is 0.861. The molecule has 0 aromatic carbocycles. The van der Waals surface area contributed by atoms with Crippen molar-refractivity contribution in [2.24, 2.45) is 5.41 Å². The summed E-state index contributed by atoms with van der Waals surface area (Å²) in [5, 5.41) is 12.7. The van der Waals surface area contributed by atoms with Crippen LogP contribution in [0.1, 0.15) is 37.6 Å². The van der Waals surface area contributed by atoms with E-state index in [-0.39, 0.29) is 5.91 Å². The number of nitrogens with zero attached hydrogens (tertiary/aromatic N) is 3. The number of nitrogens with one attached hydrogen (secondary N) is 1. The lowest BCUT2D eigenvalue weighted by molar-refractivity contribution is -0.138. The second-order valence-corrected chi connectivity index (χ2v) is 6.49. The number of carbonyl (C=O) groups is 1. The van der Waals surface area contributed by atoms with Crippen molar-refractivity contribution in [3.8, 4) is 0 Å². The third kappa shape index (κ3) is 2.79. The van der Waals surface area contributed by atoms with Gasteiger partial charge < -0.3 is 15.3 Å². The molecule has 6 heteroatoms. The van der Waals surface area contributed by atoms with Gasteiger partial charge in [0.1, 0.15) is 0 Å². The van der Waals surface area contributed by atoms with Crippen molar-refractivity contribution in [2.75, 3.05) is 24.5 Å². The molecule has 1 aromatic heterocycles. The minimum absolute atomic E-state index is 0.0943. The molecule has 2 aliphatic rings. The average Bonchev–Trinajstić information content (AvgIpc) is 2.51. The molecule has 1 aromatic rings. The lowest BCUT2D eigenvalue weighted by Gasteiger charge is -2.44. The van der Waals surface area contributed by atoms with E-state index in [1.165, 1.54) is 0 Å². The predicted molar refractivity (Wildman–Crippen MR) is 83.7 cm³/mol. The average molecular weight is 304 g/mol. The molecule has 0 saturated carbocycles. The molecule has 2 fully saturated rings. The van der Waals surface area contributed by atoms with Crippen LogP contribution >= 0.6 is 0 Å². The number of hydrogen-bond donors (Lipinski definition) is 2. The Morgan fingerprint density at radius 1 is 1.41 bits per heavy atom. The van der Waals surface area contributed by atoms with Crippen LogP contribution in [0.25, 0.3) is 0 Å². The maximum absolute atomic E-state index is 12.2. The van der Waals surface area contributed by atoms with Crippen LogP contribution in [-0.4, -0.2) is 46.7 Å². The first kappa shape index (κ1) is 15.2. The van der Waals surface area contributed by atoms with Crippen molar-refractivity contribution in [3.63, 3.8) is 0 Å². The highest BCUT2D eigenvalue weighted by atomic mass is 16.3. The van der Waals surface area contributed by atoms with Crippen molar-refractivity contribution >= 4 is 11.9 Å². The van der Waals surface area contributed by atoms with Crippen LogP contribution in [0.3, 0.4) is 0 Å². The number of aromatic nitrogens is 2. The number of aliphatic hydroxyl groups excluding tert-OH is 1. The van der Waals surface area contributed by atoms with Crippen molar-refractivity contribution in [1.29, 1.82) is 0 Å². The molecule has 1 amide bonds. The van der Waals surface area contributed by atoms with Crippen LogP contribution in [-0.2, 0) is 11.2 Å². The third-order valence-corrected chi connectivity index (χ3v) is 4.87. The lowest BCUT2D eigenvalue weighted by atomic mass is 9.71. The maximum atomic E-state index is 12.2. The number of anilines is 1. The van der Waals surface area contributed by atoms with E-state index in [2.05, 4.69) is 27.1 Å². The molecule has 2 saturated heterocycles. The summed E-state index contributed by atoms with van der Waals surface area (Å²) in [6, 6.07) is 2.01. The van der Waals surface area contributed by atoms with Gasteiger partial charge >= 0.3 is 0 Å². The normalized spacial score (nSPS) is 24.4. The van der Waals surface area contributed by atoms with Gasteiger partial charge in [-0.15, -0.1) is 0 Å². The highest BCUT2D eigenvalue weighted by Gasteiger charge is 2.45. The number of carbonyl (C=O) groups excluding carboxylic acids is 1. The molecule has 0 aliphatic carbocycles. The van der Waals surface area contributed by atoms with E-state index in [1.54, 1.807) is 0 Å². The topological polar surface area (TPSA) is 78.4 Å². The molecule has 2 N–H and O–H groups in total. The number of rotatable bonds is 2. The molecule has 1 unspecified atom stereocenters. The first-order valence-corrected chi connectivity index (χ1v) is 8.08. The second-order valence-electron chi connectivity index (χ2n) is 6.49. The van der Waals surface area contributed by atoms with Gasteiger partial charge in [0.15, 0.2) is 0 Å². The Balaban J connectivity index is 1.74. The molecule has 6 nitrogen and oxygen atoms in total. The van der Waals surface area contributed by atoms with Crippen molar-refractivity contribution in [1.82, 2.24) is 15.3 Å². The van der Waals surface area contributed by atoms with Crippen LogP contribution in [0.4, 0.5) is 5.95 Å². The zero-order chi connectivity index (χ0) is 15.7. The molecule has 1 atom stereocenters. The third-order valence-electron chi connectivity index (χ3n) is 4.87. The molecular weight excluding hydrogens is 280 g/mol. The molecular formula is C16H24N4O2. The molecule has 22 heavy (non-hydrogen) atoms. The quantitative estimate of drug-likeness (QED) is 0.845. The molecule has 3 rings (SSSR count). The van der Waals surface area contributed by atoms with Crippen molar-refractivity contribution in [2.45, 2.75) is 45.6 Å². The largest absolute Gasteiger partial charge is 0.391 e. The summed E-state index contributed by atoms with van der Waals surface area (Å²) < 4.78 is 0. The molecule has 0 bridgehead atoms. The Kier molecular flexibility index (Phi) is 4.04. The van der Waals surface area contributed by atoms with Crippen LogP contribution < -0.4 is 10.2 Å². The van der Waals surface area contributed by atoms with Gasteiger partial charge in [-0.3, -0.25) is 4.79 Å². The SMILES string of the molecule is CCc1cc(C)nc(N2CCC3(CC2)CC(O)CNC3=O)n1. The lowest BCUT2D eigenvalue weighted by Crippen LogP contribution is -2.56. The van der Waals surface area contributed by atoms with Crippen LogP contribution in [0.15, 0.2) is 6.07 Å². The zero-order valence-electron chi connectivity index (χ0n) is 13.3. The van der Waals surface area contributed by atoms with Gasteiger partial charge in [-0.2, -0.15) is 0 Å². The van der Waals surface area contributed by atoms with E-state index in [0.29, 0.717) is 13.0 Å². The highest BCUT2D eigenvalue weighted by molar-refractivity contribution is 5.83. The van der Waals surface area contributed by atoms with Gasteiger partial charge in [-0.1, -0.05) is 6.92 Å². The molecule has 0 radical (unpaired) electrons. The van der Waals surface area contributed by atoms with Crippen molar-refractivity contribution < 1.29 is 9.90 Å². The van der Waals surface area contributed by atoms with Gasteiger partial charge in [0.2, 0.25) is 11.9 Å². The monoisotopic (exact) mass is 304 g/mol. The minimum atomic E-state index is -0.425. The highest BCUT2D eigenvalue weighted by Crippen LogP contribution is 2.39. The Hall–Kier alpha value is -1.69. The van der Waals surface area contributed by atoms with Gasteiger partial charge in [-0.05, 0) is 38.7 Å². The molecule has 3 heterocycles. The second kappa shape index (κ2) is 5.83. The fourth-order valence-electron chi connectivity index (χ4n) is 3.52. The smallest absolute Gasteiger partial charge is 0.226 e. The number of aliphatic hydroxyl groups is 1. The predicted octanol–water partition coefficient (Wildman–Crippen LogP) is 0.815. The summed E-state index contributed by atoms with van der Waals surface area (Å²) in [7, 11) is 0. The Bertz CT molecular complexity index is 567. The maximum Gasteiger partial charge on any atom is 0.226 e. The number of piperidine rings is 2. The van der Waals surface area contributed by atoms with E-state index in [0.717, 1.165) is 49.7 Å². The van der Waals surface area contributed by atoms with Crippen LogP contribution in [0, 0.1) is 12.3 Å². The van der Waals surface area contributed by atoms with Gasteiger partial charge in [0, 0.05) is 31.0 Å². The van der Waals surface area contributed by atoms with E-state index < -0.39 is 11.5 Å². The van der Waals surface area contributed by atoms with E-state index in [4.69, 9.17) is 0 Å². The number of β-amino-alcohol motifs (C(OH)–C–C–N with tert-alkyl or cyclic N) is 1. The van der Waals surface area contributed by atoms with E-state index in [9.17, 15) is 9.90 Å². The first-order chi connectivity index (χ1) is 10.5. The summed E-state index contributed by atoms with van der Waals surface area (Å²) in [6.07, 6.45) is 2.53. The number of aryl methyl sites for hydroxylation is 2.